The third-order valence-corrected chi connectivity index (χ3v) is 6.74. The fourth-order valence-electron chi connectivity index (χ4n) is 4.24. The van der Waals surface area contributed by atoms with E-state index in [-0.39, 0.29) is 5.78 Å². The molecule has 1 aliphatic carbocycles. The summed E-state index contributed by atoms with van der Waals surface area (Å²) in [5.74, 6) is -0.0510. The topological polar surface area (TPSA) is 97.1 Å². The van der Waals surface area contributed by atoms with Crippen LogP contribution in [0.15, 0.2) is 46.0 Å². The lowest BCUT2D eigenvalue weighted by Gasteiger charge is -2.26. The largest absolute Gasteiger partial charge is 0.399 e. The van der Waals surface area contributed by atoms with Gasteiger partial charge in [0.05, 0.1) is 28.5 Å². The second-order valence-corrected chi connectivity index (χ2v) is 8.73. The van der Waals surface area contributed by atoms with Crippen LogP contribution in [-0.4, -0.2) is 35.2 Å². The molecule has 166 valence electrons. The summed E-state index contributed by atoms with van der Waals surface area (Å²) < 4.78 is 0. The van der Waals surface area contributed by atoms with Gasteiger partial charge in [-0.05, 0) is 87.1 Å². The molecule has 1 heterocycles. The van der Waals surface area contributed by atoms with Gasteiger partial charge in [-0.2, -0.15) is 0 Å². The summed E-state index contributed by atoms with van der Waals surface area (Å²) in [5, 5.41) is 0. The van der Waals surface area contributed by atoms with E-state index >= 15 is 0 Å². The molecule has 4 N–H and O–H groups in total. The number of nitrogen functional groups attached to an aromatic ring is 2. The van der Waals surface area contributed by atoms with E-state index in [1.54, 1.807) is 6.08 Å². The number of carbonyl (C=O) groups is 1. The molecule has 1 fully saturated rings. The van der Waals surface area contributed by atoms with Crippen LogP contribution in [-0.2, 0) is 4.79 Å². The fourth-order valence-corrected chi connectivity index (χ4v) is 4.24. The number of aliphatic imine (C=N–C) groups is 2. The SMILES string of the molecule is Cc1c(N)ccc(N=C2CC(=Nc3ccc(N)c(C)c3C)C(N3CCCC3)=CC2=O)c1C. The minimum absolute atomic E-state index is 0.0510. The van der Waals surface area contributed by atoms with Gasteiger partial charge in [-0.3, -0.25) is 9.79 Å². The van der Waals surface area contributed by atoms with Gasteiger partial charge < -0.3 is 16.4 Å². The Morgan fingerprint density at radius 3 is 1.78 bits per heavy atom. The molecule has 6 nitrogen and oxygen atoms in total. The smallest absolute Gasteiger partial charge is 0.202 e. The molecule has 4 rings (SSSR count). The van der Waals surface area contributed by atoms with Gasteiger partial charge in [0.1, 0.15) is 0 Å². The first kappa shape index (κ1) is 21.8. The van der Waals surface area contributed by atoms with Gasteiger partial charge in [0, 0.05) is 37.0 Å². The summed E-state index contributed by atoms with van der Waals surface area (Å²) in [7, 11) is 0. The van der Waals surface area contributed by atoms with Crippen LogP contribution in [0.1, 0.15) is 41.5 Å². The van der Waals surface area contributed by atoms with Crippen LogP contribution < -0.4 is 11.5 Å². The average Bonchev–Trinajstić information content (AvgIpc) is 3.31. The Morgan fingerprint density at radius 2 is 1.25 bits per heavy atom. The molecule has 2 aliphatic rings. The summed E-state index contributed by atoms with van der Waals surface area (Å²) >= 11 is 0. The monoisotopic (exact) mass is 429 g/mol. The van der Waals surface area contributed by atoms with E-state index < -0.39 is 0 Å². The van der Waals surface area contributed by atoms with Crippen molar-refractivity contribution in [2.24, 2.45) is 9.98 Å². The Hall–Kier alpha value is -3.41. The van der Waals surface area contributed by atoms with Gasteiger partial charge in [-0.1, -0.05) is 0 Å². The van der Waals surface area contributed by atoms with Gasteiger partial charge in [-0.15, -0.1) is 0 Å². The van der Waals surface area contributed by atoms with Gasteiger partial charge in [-0.25, -0.2) is 4.99 Å². The van der Waals surface area contributed by atoms with Crippen molar-refractivity contribution < 1.29 is 4.79 Å². The van der Waals surface area contributed by atoms with Crippen LogP contribution >= 0.6 is 0 Å². The highest BCUT2D eigenvalue weighted by molar-refractivity contribution is 6.51. The number of nitrogens with zero attached hydrogens (tertiary/aromatic N) is 3. The van der Waals surface area contributed by atoms with Crippen molar-refractivity contribution in [2.45, 2.75) is 47.0 Å². The molecule has 0 unspecified atom stereocenters. The number of allylic oxidation sites excluding steroid dienone is 2. The number of anilines is 2. The summed E-state index contributed by atoms with van der Waals surface area (Å²) in [4.78, 5) is 25.1. The number of hydrogen-bond acceptors (Lipinski definition) is 6. The van der Waals surface area contributed by atoms with Gasteiger partial charge >= 0.3 is 0 Å². The zero-order valence-electron chi connectivity index (χ0n) is 19.3. The van der Waals surface area contributed by atoms with Crippen LogP contribution in [0.2, 0.25) is 0 Å². The van der Waals surface area contributed by atoms with Crippen LogP contribution in [0.3, 0.4) is 0 Å². The Labute approximate surface area is 189 Å². The molecular weight excluding hydrogens is 398 g/mol. The zero-order valence-corrected chi connectivity index (χ0v) is 19.3. The Kier molecular flexibility index (Phi) is 5.87. The number of nitrogens with two attached hydrogens (primary N) is 2. The highest BCUT2D eigenvalue weighted by atomic mass is 16.1. The lowest BCUT2D eigenvalue weighted by atomic mass is 9.96. The average molecular weight is 430 g/mol. The molecule has 0 saturated carbocycles. The third-order valence-electron chi connectivity index (χ3n) is 6.74. The number of carbonyl (C=O) groups excluding carboxylic acids is 1. The molecule has 0 aromatic heterocycles. The minimum Gasteiger partial charge on any atom is -0.399 e. The maximum absolute atomic E-state index is 13.1. The Balaban J connectivity index is 1.80. The Morgan fingerprint density at radius 1 is 0.750 bits per heavy atom. The van der Waals surface area contributed by atoms with Crippen LogP contribution in [0.4, 0.5) is 22.7 Å². The van der Waals surface area contributed by atoms with Gasteiger partial charge in [0.2, 0.25) is 5.78 Å². The van der Waals surface area contributed by atoms with Crippen molar-refractivity contribution in [1.82, 2.24) is 4.90 Å². The molecular formula is C26H31N5O. The fraction of sp³-hybridized carbons (Fsp3) is 0.346. The first-order chi connectivity index (χ1) is 15.3. The quantitative estimate of drug-likeness (QED) is 0.679. The number of likely N-dealkylation sites (tertiary alicyclic amines) is 1. The summed E-state index contributed by atoms with van der Waals surface area (Å²) in [6.07, 6.45) is 4.37. The molecule has 1 saturated heterocycles. The van der Waals surface area contributed by atoms with Gasteiger partial charge in [0.25, 0.3) is 0 Å². The molecule has 6 heteroatoms. The number of benzene rings is 2. The van der Waals surface area contributed by atoms with E-state index in [4.69, 9.17) is 21.5 Å². The lowest BCUT2D eigenvalue weighted by Crippen LogP contribution is -2.33. The molecule has 0 bridgehead atoms. The predicted octanol–water partition coefficient (Wildman–Crippen LogP) is 4.88. The summed E-state index contributed by atoms with van der Waals surface area (Å²) in [5.41, 5.74) is 21.6. The van der Waals surface area contributed by atoms with E-state index in [1.807, 2.05) is 52.0 Å². The van der Waals surface area contributed by atoms with E-state index in [9.17, 15) is 4.79 Å². The maximum atomic E-state index is 13.1. The highest BCUT2D eigenvalue weighted by Crippen LogP contribution is 2.31. The lowest BCUT2D eigenvalue weighted by molar-refractivity contribution is -0.109. The third kappa shape index (κ3) is 4.05. The van der Waals surface area contributed by atoms with Gasteiger partial charge in [0.15, 0.2) is 0 Å². The first-order valence-electron chi connectivity index (χ1n) is 11.1. The molecule has 2 aromatic rings. The summed E-state index contributed by atoms with van der Waals surface area (Å²) in [6.45, 7) is 9.89. The highest BCUT2D eigenvalue weighted by Gasteiger charge is 2.28. The molecule has 32 heavy (non-hydrogen) atoms. The van der Waals surface area contributed by atoms with Crippen molar-refractivity contribution in [3.63, 3.8) is 0 Å². The van der Waals surface area contributed by atoms with E-state index in [2.05, 4.69) is 4.90 Å². The van der Waals surface area contributed by atoms with E-state index in [0.29, 0.717) is 12.1 Å². The maximum Gasteiger partial charge on any atom is 0.202 e. The predicted molar refractivity (Wildman–Crippen MR) is 133 cm³/mol. The molecule has 2 aromatic carbocycles. The minimum atomic E-state index is -0.0510. The van der Waals surface area contributed by atoms with E-state index in [1.165, 1.54) is 0 Å². The van der Waals surface area contributed by atoms with E-state index in [0.717, 1.165) is 82.3 Å². The molecule has 0 atom stereocenters. The first-order valence-corrected chi connectivity index (χ1v) is 11.1. The molecule has 1 aliphatic heterocycles. The second kappa shape index (κ2) is 8.61. The van der Waals surface area contributed by atoms with Crippen molar-refractivity contribution in [3.8, 4) is 0 Å². The number of rotatable bonds is 3. The second-order valence-electron chi connectivity index (χ2n) is 8.73. The molecule has 0 radical (unpaired) electrons. The summed E-state index contributed by atoms with van der Waals surface area (Å²) in [6, 6.07) is 7.56. The molecule has 0 amide bonds. The molecule has 0 spiro atoms. The van der Waals surface area contributed by atoms with Crippen LogP contribution in [0.5, 0.6) is 0 Å². The number of hydrogen-bond donors (Lipinski definition) is 2. The van der Waals surface area contributed by atoms with Crippen molar-refractivity contribution in [1.29, 1.82) is 0 Å². The zero-order chi connectivity index (χ0) is 23.0. The normalized spacial score (nSPS) is 19.2. The standard InChI is InChI=1S/C26H31N5O/c1-15-17(3)21(9-7-19(15)27)29-23-13-24(26(32)14-25(23)31-11-5-6-12-31)30-22-10-8-20(28)16(2)18(22)4/h7-10,14H,5-6,11-13,27-28H2,1-4H3. The van der Waals surface area contributed by atoms with Crippen molar-refractivity contribution in [3.05, 3.63) is 58.3 Å². The van der Waals surface area contributed by atoms with Crippen LogP contribution in [0.25, 0.3) is 0 Å². The van der Waals surface area contributed by atoms with Crippen molar-refractivity contribution >= 4 is 40.0 Å². The van der Waals surface area contributed by atoms with Crippen molar-refractivity contribution in [2.75, 3.05) is 24.6 Å². The Bertz CT molecular complexity index is 1180. The van der Waals surface area contributed by atoms with Crippen LogP contribution in [0, 0.1) is 27.7 Å². The number of ketones is 1.